The van der Waals surface area contributed by atoms with E-state index in [4.69, 9.17) is 21.3 Å². The van der Waals surface area contributed by atoms with E-state index in [0.717, 1.165) is 34.7 Å². The Labute approximate surface area is 190 Å². The lowest BCUT2D eigenvalue weighted by Gasteiger charge is -2.19. The molecule has 1 N–H and O–H groups in total. The quantitative estimate of drug-likeness (QED) is 0.464. The molecule has 0 bridgehead atoms. The highest BCUT2D eigenvalue weighted by Crippen LogP contribution is 2.33. The number of aromatic nitrogens is 3. The van der Waals surface area contributed by atoms with Gasteiger partial charge in [0.2, 0.25) is 0 Å². The Morgan fingerprint density at radius 1 is 1.12 bits per heavy atom. The zero-order chi connectivity index (χ0) is 22.1. The molecule has 0 saturated carbocycles. The molecule has 1 aliphatic rings. The fraction of sp³-hybridized carbons (Fsp3) is 0.208. The van der Waals surface area contributed by atoms with Crippen LogP contribution < -0.4 is 10.1 Å². The van der Waals surface area contributed by atoms with Crippen molar-refractivity contribution in [1.82, 2.24) is 19.4 Å². The van der Waals surface area contributed by atoms with E-state index in [1.165, 1.54) is 0 Å². The molecular weight excluding hydrogens is 426 g/mol. The summed E-state index contributed by atoms with van der Waals surface area (Å²) in [6.45, 7) is 1.19. The van der Waals surface area contributed by atoms with Gasteiger partial charge in [0, 0.05) is 24.8 Å². The third-order valence-electron chi connectivity index (χ3n) is 5.73. The number of fused-ring (bicyclic) bond motifs is 1. The van der Waals surface area contributed by atoms with E-state index in [1.54, 1.807) is 30.3 Å². The number of nitrogens with one attached hydrogen (secondary N) is 1. The van der Waals surface area contributed by atoms with Crippen molar-refractivity contribution in [1.29, 1.82) is 0 Å². The Balaban J connectivity index is 1.44. The molecule has 4 aromatic rings. The molecule has 1 fully saturated rings. The number of likely N-dealkylation sites (tertiary alicyclic amines) is 1. The van der Waals surface area contributed by atoms with Gasteiger partial charge in [0.05, 0.1) is 23.9 Å². The summed E-state index contributed by atoms with van der Waals surface area (Å²) >= 11 is 6.20. The predicted octanol–water partition coefficient (Wildman–Crippen LogP) is 5.24. The number of carbonyl (C=O) groups is 1. The number of rotatable bonds is 4. The van der Waals surface area contributed by atoms with Crippen molar-refractivity contribution in [3.8, 4) is 17.1 Å². The number of imidazole rings is 1. The maximum Gasteiger partial charge on any atom is 0.321 e. The Kier molecular flexibility index (Phi) is 5.41. The van der Waals surface area contributed by atoms with Crippen molar-refractivity contribution in [2.45, 2.75) is 12.5 Å². The standard InChI is InChI=1S/C24H22ClN5O2/c1-32-18-10-8-16(9-11-18)22-27-21-7-4-13-26-23(21)30(22)17-12-14-29(15-17)24(31)28-20-6-3-2-5-19(20)25/h2-11,13,17H,12,14-15H2,1H3,(H,28,31)/t17-/m1/s1. The molecule has 0 aliphatic carbocycles. The molecule has 0 radical (unpaired) electrons. The highest BCUT2D eigenvalue weighted by molar-refractivity contribution is 6.33. The van der Waals surface area contributed by atoms with Gasteiger partial charge in [-0.2, -0.15) is 0 Å². The van der Waals surface area contributed by atoms with E-state index < -0.39 is 0 Å². The molecule has 1 aliphatic heterocycles. The number of urea groups is 1. The molecule has 32 heavy (non-hydrogen) atoms. The van der Waals surface area contributed by atoms with Crippen LogP contribution in [0, 0.1) is 0 Å². The summed E-state index contributed by atoms with van der Waals surface area (Å²) in [6, 6.07) is 18.8. The third kappa shape index (κ3) is 3.76. The van der Waals surface area contributed by atoms with Crippen LogP contribution in [-0.4, -0.2) is 45.7 Å². The number of halogens is 1. The van der Waals surface area contributed by atoms with E-state index in [9.17, 15) is 4.79 Å². The highest BCUT2D eigenvalue weighted by atomic mass is 35.5. The summed E-state index contributed by atoms with van der Waals surface area (Å²) in [5.74, 6) is 1.62. The number of para-hydroxylation sites is 1. The summed E-state index contributed by atoms with van der Waals surface area (Å²) in [5, 5.41) is 3.43. The summed E-state index contributed by atoms with van der Waals surface area (Å²) in [7, 11) is 1.65. The summed E-state index contributed by atoms with van der Waals surface area (Å²) in [4.78, 5) is 24.1. The molecule has 162 valence electrons. The Bertz CT molecular complexity index is 1270. The topological polar surface area (TPSA) is 72.3 Å². The van der Waals surface area contributed by atoms with Gasteiger partial charge in [-0.15, -0.1) is 0 Å². The fourth-order valence-corrected chi connectivity index (χ4v) is 4.30. The molecule has 5 rings (SSSR count). The normalized spacial score (nSPS) is 15.8. The van der Waals surface area contributed by atoms with Gasteiger partial charge in [-0.05, 0) is 55.0 Å². The Morgan fingerprint density at radius 2 is 1.94 bits per heavy atom. The monoisotopic (exact) mass is 447 g/mol. The van der Waals surface area contributed by atoms with Crippen molar-refractivity contribution >= 4 is 34.5 Å². The molecule has 7 nitrogen and oxygen atoms in total. The maximum absolute atomic E-state index is 12.9. The lowest BCUT2D eigenvalue weighted by Crippen LogP contribution is -2.33. The largest absolute Gasteiger partial charge is 0.497 e. The zero-order valence-electron chi connectivity index (χ0n) is 17.5. The number of hydrogen-bond acceptors (Lipinski definition) is 4. The predicted molar refractivity (Wildman–Crippen MR) is 125 cm³/mol. The van der Waals surface area contributed by atoms with Crippen molar-refractivity contribution in [3.05, 3.63) is 71.9 Å². The van der Waals surface area contributed by atoms with Gasteiger partial charge in [-0.1, -0.05) is 23.7 Å². The van der Waals surface area contributed by atoms with Gasteiger partial charge in [0.1, 0.15) is 17.1 Å². The summed E-state index contributed by atoms with van der Waals surface area (Å²) < 4.78 is 7.44. The molecule has 2 amide bonds. The molecule has 2 aromatic carbocycles. The minimum atomic E-state index is -0.163. The number of anilines is 1. The highest BCUT2D eigenvalue weighted by Gasteiger charge is 2.31. The van der Waals surface area contributed by atoms with Crippen LogP contribution in [0.2, 0.25) is 5.02 Å². The molecule has 8 heteroatoms. The van der Waals surface area contributed by atoms with Crippen LogP contribution in [0.4, 0.5) is 10.5 Å². The minimum absolute atomic E-state index is 0.0593. The van der Waals surface area contributed by atoms with Gasteiger partial charge < -0.3 is 19.5 Å². The van der Waals surface area contributed by atoms with E-state index in [2.05, 4.69) is 14.9 Å². The van der Waals surface area contributed by atoms with Crippen LogP contribution in [0.15, 0.2) is 66.9 Å². The number of pyridine rings is 1. The van der Waals surface area contributed by atoms with Gasteiger partial charge in [-0.25, -0.2) is 14.8 Å². The lowest BCUT2D eigenvalue weighted by molar-refractivity contribution is 0.221. The Morgan fingerprint density at radius 3 is 2.72 bits per heavy atom. The number of nitrogens with zero attached hydrogens (tertiary/aromatic N) is 4. The van der Waals surface area contributed by atoms with Crippen LogP contribution in [-0.2, 0) is 0 Å². The van der Waals surface area contributed by atoms with Crippen LogP contribution in [0.1, 0.15) is 12.5 Å². The second-order valence-corrected chi connectivity index (χ2v) is 8.09. The summed E-state index contributed by atoms with van der Waals surface area (Å²) in [6.07, 6.45) is 2.58. The number of ether oxygens (including phenoxy) is 1. The molecule has 1 saturated heterocycles. The van der Waals surface area contributed by atoms with Crippen molar-refractivity contribution < 1.29 is 9.53 Å². The van der Waals surface area contributed by atoms with Crippen molar-refractivity contribution in [2.75, 3.05) is 25.5 Å². The third-order valence-corrected chi connectivity index (χ3v) is 6.06. The van der Waals surface area contributed by atoms with Crippen LogP contribution in [0.5, 0.6) is 5.75 Å². The van der Waals surface area contributed by atoms with Crippen molar-refractivity contribution in [3.63, 3.8) is 0 Å². The number of methoxy groups -OCH3 is 1. The summed E-state index contributed by atoms with van der Waals surface area (Å²) in [5.41, 5.74) is 3.23. The number of carbonyl (C=O) groups excluding carboxylic acids is 1. The lowest BCUT2D eigenvalue weighted by atomic mass is 10.2. The van der Waals surface area contributed by atoms with E-state index >= 15 is 0 Å². The van der Waals surface area contributed by atoms with Gasteiger partial charge in [0.15, 0.2) is 5.65 Å². The first-order valence-electron chi connectivity index (χ1n) is 10.4. The fourth-order valence-electron chi connectivity index (χ4n) is 4.11. The number of amides is 2. The maximum atomic E-state index is 12.9. The average molecular weight is 448 g/mol. The minimum Gasteiger partial charge on any atom is -0.497 e. The second kappa shape index (κ2) is 8.51. The molecule has 0 unspecified atom stereocenters. The average Bonchev–Trinajstić information content (AvgIpc) is 3.45. The van der Waals surface area contributed by atoms with Crippen LogP contribution >= 0.6 is 11.6 Å². The first-order chi connectivity index (χ1) is 15.6. The van der Waals surface area contributed by atoms with Crippen LogP contribution in [0.3, 0.4) is 0 Å². The number of hydrogen-bond donors (Lipinski definition) is 1. The molecule has 1 atom stereocenters. The van der Waals surface area contributed by atoms with E-state index in [0.29, 0.717) is 23.8 Å². The molecule has 0 spiro atoms. The van der Waals surface area contributed by atoms with Crippen LogP contribution in [0.25, 0.3) is 22.6 Å². The van der Waals surface area contributed by atoms with Gasteiger partial charge in [0.25, 0.3) is 0 Å². The second-order valence-electron chi connectivity index (χ2n) is 7.68. The smallest absolute Gasteiger partial charge is 0.321 e. The molecular formula is C24H22ClN5O2. The molecule has 2 aromatic heterocycles. The van der Waals surface area contributed by atoms with Crippen molar-refractivity contribution in [2.24, 2.45) is 0 Å². The number of benzene rings is 2. The van der Waals surface area contributed by atoms with Gasteiger partial charge >= 0.3 is 6.03 Å². The first kappa shape index (κ1) is 20.3. The SMILES string of the molecule is COc1ccc(-c2nc3cccnc3n2[C@@H]2CCN(C(=O)Nc3ccccc3Cl)C2)cc1. The van der Waals surface area contributed by atoms with E-state index in [-0.39, 0.29) is 12.1 Å². The van der Waals surface area contributed by atoms with E-state index in [1.807, 2.05) is 48.5 Å². The van der Waals surface area contributed by atoms with Gasteiger partial charge in [-0.3, -0.25) is 0 Å². The molecule has 3 heterocycles. The first-order valence-corrected chi connectivity index (χ1v) is 10.8. The zero-order valence-corrected chi connectivity index (χ0v) is 18.3. The Hall–Kier alpha value is -3.58.